The van der Waals surface area contributed by atoms with Gasteiger partial charge in [0.25, 0.3) is 0 Å². The van der Waals surface area contributed by atoms with E-state index in [0.717, 1.165) is 16.8 Å². The van der Waals surface area contributed by atoms with E-state index in [4.69, 9.17) is 0 Å². The largest absolute Gasteiger partial charge is 0.236 e. The Labute approximate surface area is 105 Å². The lowest BCUT2D eigenvalue weighted by atomic mass is 10.1. The Morgan fingerprint density at radius 1 is 1.00 bits per heavy atom. The van der Waals surface area contributed by atoms with Gasteiger partial charge in [0.2, 0.25) is 0 Å². The van der Waals surface area contributed by atoms with Gasteiger partial charge in [0.1, 0.15) is 0 Å². The Hall–Kier alpha value is -2.60. The predicted octanol–water partition coefficient (Wildman–Crippen LogP) is 2.44. The number of benzene rings is 1. The first-order valence-electron chi connectivity index (χ1n) is 5.69. The molecule has 3 nitrogen and oxygen atoms in total. The smallest absolute Gasteiger partial charge is 0.154 e. The summed E-state index contributed by atoms with van der Waals surface area (Å²) in [5.74, 6) is 6.20. The maximum absolute atomic E-state index is 4.27. The zero-order valence-electron chi connectivity index (χ0n) is 9.96. The average molecular weight is 233 g/mol. The minimum atomic E-state index is 0.830. The van der Waals surface area contributed by atoms with E-state index < -0.39 is 0 Å². The number of hydrogen-bond acceptors (Lipinski definition) is 2. The van der Waals surface area contributed by atoms with Gasteiger partial charge in [-0.05, 0) is 19.1 Å². The fourth-order valence-corrected chi connectivity index (χ4v) is 1.66. The first-order chi connectivity index (χ1) is 8.81. The molecule has 0 amide bonds. The number of rotatable bonds is 0. The third-order valence-corrected chi connectivity index (χ3v) is 2.65. The lowest BCUT2D eigenvalue weighted by Crippen LogP contribution is -1.90. The van der Waals surface area contributed by atoms with Crippen LogP contribution in [0.2, 0.25) is 0 Å². The zero-order chi connectivity index (χ0) is 12.4. The van der Waals surface area contributed by atoms with Crippen LogP contribution >= 0.6 is 0 Å². The van der Waals surface area contributed by atoms with Gasteiger partial charge in [0, 0.05) is 24.0 Å². The second kappa shape index (κ2) is 4.34. The molecule has 0 unspecified atom stereocenters. The molecule has 1 aromatic carbocycles. The van der Waals surface area contributed by atoms with E-state index in [-0.39, 0.29) is 0 Å². The van der Waals surface area contributed by atoms with Crippen LogP contribution in [0, 0.1) is 18.8 Å². The van der Waals surface area contributed by atoms with Crippen molar-refractivity contribution in [1.29, 1.82) is 0 Å². The zero-order valence-corrected chi connectivity index (χ0v) is 9.96. The second-order valence-corrected chi connectivity index (χ2v) is 4.09. The quantitative estimate of drug-likeness (QED) is 0.558. The summed E-state index contributed by atoms with van der Waals surface area (Å²) < 4.78 is 1.72. The monoisotopic (exact) mass is 233 g/mol. The molecule has 2 heterocycles. The van der Waals surface area contributed by atoms with Gasteiger partial charge >= 0.3 is 0 Å². The van der Waals surface area contributed by atoms with Crippen LogP contribution < -0.4 is 0 Å². The highest BCUT2D eigenvalue weighted by Gasteiger charge is 1.94. The van der Waals surface area contributed by atoms with Crippen molar-refractivity contribution in [1.82, 2.24) is 14.6 Å². The van der Waals surface area contributed by atoms with Crippen LogP contribution in [-0.2, 0) is 0 Å². The summed E-state index contributed by atoms with van der Waals surface area (Å²) in [7, 11) is 0. The molecular weight excluding hydrogens is 222 g/mol. The van der Waals surface area contributed by atoms with Gasteiger partial charge in [-0.1, -0.05) is 29.5 Å². The van der Waals surface area contributed by atoms with Crippen molar-refractivity contribution in [3.8, 4) is 11.8 Å². The second-order valence-electron chi connectivity index (χ2n) is 4.09. The Kier molecular flexibility index (Phi) is 2.54. The molecule has 0 aliphatic heterocycles. The van der Waals surface area contributed by atoms with Crippen LogP contribution in [0.3, 0.4) is 0 Å². The summed E-state index contributed by atoms with van der Waals surface area (Å²) in [5.41, 5.74) is 3.92. The minimum Gasteiger partial charge on any atom is -0.236 e. The van der Waals surface area contributed by atoms with E-state index in [2.05, 4.69) is 41.0 Å². The fraction of sp³-hybridized carbons (Fsp3) is 0.0667. The normalized spacial score (nSPS) is 10.1. The van der Waals surface area contributed by atoms with Crippen molar-refractivity contribution < 1.29 is 0 Å². The van der Waals surface area contributed by atoms with Gasteiger partial charge < -0.3 is 0 Å². The number of nitrogens with zero attached hydrogens (tertiary/aromatic N) is 3. The highest BCUT2D eigenvalue weighted by molar-refractivity contribution is 5.44. The number of aryl methyl sites for hydroxylation is 1. The van der Waals surface area contributed by atoms with Crippen LogP contribution in [-0.4, -0.2) is 14.6 Å². The van der Waals surface area contributed by atoms with Crippen molar-refractivity contribution >= 4 is 5.65 Å². The number of fused-ring (bicyclic) bond motifs is 1. The van der Waals surface area contributed by atoms with Crippen LogP contribution in [0.25, 0.3) is 5.65 Å². The summed E-state index contributed by atoms with van der Waals surface area (Å²) in [6.07, 6.45) is 5.36. The van der Waals surface area contributed by atoms with Crippen LogP contribution in [0.15, 0.2) is 48.9 Å². The summed E-state index contributed by atoms with van der Waals surface area (Å²) in [5, 5.41) is 4.13. The van der Waals surface area contributed by atoms with E-state index in [0.29, 0.717) is 0 Å². The topological polar surface area (TPSA) is 30.2 Å². The molecule has 3 rings (SSSR count). The number of aromatic nitrogens is 3. The van der Waals surface area contributed by atoms with Crippen LogP contribution in [0.5, 0.6) is 0 Å². The van der Waals surface area contributed by atoms with Crippen molar-refractivity contribution in [3.05, 3.63) is 65.6 Å². The summed E-state index contributed by atoms with van der Waals surface area (Å²) >= 11 is 0. The van der Waals surface area contributed by atoms with Gasteiger partial charge in [-0.25, -0.2) is 9.50 Å². The molecule has 0 saturated heterocycles. The molecule has 0 fully saturated rings. The molecule has 0 radical (unpaired) electrons. The maximum atomic E-state index is 4.27. The van der Waals surface area contributed by atoms with Crippen molar-refractivity contribution in [2.24, 2.45) is 0 Å². The first-order valence-corrected chi connectivity index (χ1v) is 5.69. The van der Waals surface area contributed by atoms with E-state index in [1.54, 1.807) is 16.9 Å². The van der Waals surface area contributed by atoms with Crippen molar-refractivity contribution in [2.75, 3.05) is 0 Å². The molecule has 18 heavy (non-hydrogen) atoms. The SMILES string of the molecule is Cc1ccc(C#Cc2cnc3ccnn3c2)cc1. The van der Waals surface area contributed by atoms with E-state index >= 15 is 0 Å². The molecule has 3 heteroatoms. The van der Waals surface area contributed by atoms with Gasteiger partial charge in [0.05, 0.1) is 11.8 Å². The molecule has 0 aliphatic carbocycles. The lowest BCUT2D eigenvalue weighted by molar-refractivity contribution is 0.935. The molecule has 0 saturated carbocycles. The van der Waals surface area contributed by atoms with Crippen molar-refractivity contribution in [3.63, 3.8) is 0 Å². The Morgan fingerprint density at radius 2 is 1.78 bits per heavy atom. The third-order valence-electron chi connectivity index (χ3n) is 2.65. The van der Waals surface area contributed by atoms with Crippen molar-refractivity contribution in [2.45, 2.75) is 6.92 Å². The average Bonchev–Trinajstić information content (AvgIpc) is 2.85. The molecule has 0 atom stereocenters. The Bertz CT molecular complexity index is 742. The van der Waals surface area contributed by atoms with E-state index in [1.165, 1.54) is 5.56 Å². The molecule has 3 aromatic rings. The molecule has 2 aromatic heterocycles. The predicted molar refractivity (Wildman–Crippen MR) is 70.1 cm³/mol. The van der Waals surface area contributed by atoms with Crippen LogP contribution in [0.1, 0.15) is 16.7 Å². The molecule has 0 aliphatic rings. The highest BCUT2D eigenvalue weighted by atomic mass is 15.2. The fourth-order valence-electron chi connectivity index (χ4n) is 1.66. The number of hydrogen-bond donors (Lipinski definition) is 0. The van der Waals surface area contributed by atoms with Gasteiger partial charge in [0.15, 0.2) is 5.65 Å². The maximum Gasteiger partial charge on any atom is 0.154 e. The Morgan fingerprint density at radius 3 is 2.61 bits per heavy atom. The van der Waals surface area contributed by atoms with E-state index in [1.807, 2.05) is 24.4 Å². The van der Waals surface area contributed by atoms with Gasteiger partial charge in [-0.2, -0.15) is 5.10 Å². The summed E-state index contributed by atoms with van der Waals surface area (Å²) in [6, 6.07) is 10.00. The Balaban J connectivity index is 1.94. The van der Waals surface area contributed by atoms with Crippen LogP contribution in [0.4, 0.5) is 0 Å². The van der Waals surface area contributed by atoms with Gasteiger partial charge in [-0.3, -0.25) is 0 Å². The standard InChI is InChI=1S/C15H11N3/c1-12-2-4-13(5-3-12)6-7-14-10-16-15-8-9-17-18(15)11-14/h2-5,8-11H,1H3. The third kappa shape index (κ3) is 2.09. The van der Waals surface area contributed by atoms with E-state index in [9.17, 15) is 0 Å². The first kappa shape index (κ1) is 10.5. The lowest BCUT2D eigenvalue weighted by Gasteiger charge is -1.94. The minimum absolute atomic E-state index is 0.830. The van der Waals surface area contributed by atoms with Gasteiger partial charge in [-0.15, -0.1) is 0 Å². The molecule has 0 N–H and O–H groups in total. The summed E-state index contributed by atoms with van der Waals surface area (Å²) in [4.78, 5) is 4.27. The molecule has 0 bridgehead atoms. The molecule has 0 spiro atoms. The molecular formula is C15H11N3. The highest BCUT2D eigenvalue weighted by Crippen LogP contribution is 2.03. The molecule has 86 valence electrons. The summed E-state index contributed by atoms with van der Waals surface area (Å²) in [6.45, 7) is 2.06.